The first-order chi connectivity index (χ1) is 11.2. The van der Waals surface area contributed by atoms with Gasteiger partial charge >= 0.3 is 0 Å². The van der Waals surface area contributed by atoms with Gasteiger partial charge in [0, 0.05) is 19.0 Å². The molecule has 0 bridgehead atoms. The third-order valence-corrected chi connectivity index (χ3v) is 4.68. The van der Waals surface area contributed by atoms with Crippen molar-refractivity contribution < 1.29 is 13.7 Å². The molecule has 3 aromatic heterocycles. The van der Waals surface area contributed by atoms with Crippen LogP contribution >= 0.6 is 11.5 Å². The maximum atomic E-state index is 12.5. The van der Waals surface area contributed by atoms with E-state index < -0.39 is 0 Å². The Morgan fingerprint density at radius 1 is 1.48 bits per heavy atom. The molecule has 0 unspecified atom stereocenters. The number of aryl methyl sites for hydroxylation is 1. The van der Waals surface area contributed by atoms with Crippen molar-refractivity contribution in [3.63, 3.8) is 0 Å². The third-order valence-electron chi connectivity index (χ3n) is 3.86. The molecule has 1 atom stereocenters. The van der Waals surface area contributed by atoms with E-state index in [0.717, 1.165) is 18.0 Å². The summed E-state index contributed by atoms with van der Waals surface area (Å²) in [6.45, 7) is 3.01. The Balaban J connectivity index is 1.48. The summed E-state index contributed by atoms with van der Waals surface area (Å²) in [6.07, 6.45) is 2.36. The van der Waals surface area contributed by atoms with Gasteiger partial charge in [0.25, 0.3) is 11.8 Å². The molecule has 0 N–H and O–H groups in total. The van der Waals surface area contributed by atoms with Gasteiger partial charge in [-0.15, -0.1) is 5.10 Å². The van der Waals surface area contributed by atoms with E-state index in [1.54, 1.807) is 30.2 Å². The standard InChI is InChI=1S/C14H13N5O3S/c1-8-11(23-18-16-8)14(20)19-5-4-9(7-19)12-15-13(22-17-12)10-3-2-6-21-10/h2-3,6,9H,4-5,7H2,1H3/t9-/m1/s1. The molecular weight excluding hydrogens is 318 g/mol. The van der Waals surface area contributed by atoms with Crippen LogP contribution in [0.5, 0.6) is 0 Å². The lowest BCUT2D eigenvalue weighted by molar-refractivity contribution is 0.0794. The summed E-state index contributed by atoms with van der Waals surface area (Å²) in [5.74, 6) is 1.53. The van der Waals surface area contributed by atoms with Crippen molar-refractivity contribution >= 4 is 17.4 Å². The highest BCUT2D eigenvalue weighted by atomic mass is 32.1. The van der Waals surface area contributed by atoms with Crippen LogP contribution in [0.4, 0.5) is 0 Å². The van der Waals surface area contributed by atoms with Crippen LogP contribution in [0.25, 0.3) is 11.7 Å². The molecule has 0 aromatic carbocycles. The number of hydrogen-bond donors (Lipinski definition) is 0. The molecule has 1 fully saturated rings. The summed E-state index contributed by atoms with van der Waals surface area (Å²) in [7, 11) is 0. The number of furan rings is 1. The Kier molecular flexibility index (Phi) is 3.41. The van der Waals surface area contributed by atoms with Crippen molar-refractivity contribution in [2.75, 3.05) is 13.1 Å². The van der Waals surface area contributed by atoms with Crippen molar-refractivity contribution in [3.05, 3.63) is 34.8 Å². The third kappa shape index (κ3) is 2.52. The van der Waals surface area contributed by atoms with Crippen LogP contribution in [-0.2, 0) is 0 Å². The lowest BCUT2D eigenvalue weighted by atomic mass is 10.1. The molecule has 4 rings (SSSR count). The first-order valence-corrected chi connectivity index (χ1v) is 7.95. The normalized spacial score (nSPS) is 17.8. The van der Waals surface area contributed by atoms with Crippen molar-refractivity contribution in [2.24, 2.45) is 0 Å². The zero-order valence-corrected chi connectivity index (χ0v) is 13.1. The van der Waals surface area contributed by atoms with E-state index in [9.17, 15) is 4.79 Å². The maximum absolute atomic E-state index is 12.5. The highest BCUT2D eigenvalue weighted by Gasteiger charge is 2.32. The fourth-order valence-corrected chi connectivity index (χ4v) is 3.25. The lowest BCUT2D eigenvalue weighted by Gasteiger charge is -2.14. The van der Waals surface area contributed by atoms with Gasteiger partial charge in [-0.2, -0.15) is 4.98 Å². The summed E-state index contributed by atoms with van der Waals surface area (Å²) in [5.41, 5.74) is 0.670. The van der Waals surface area contributed by atoms with E-state index in [4.69, 9.17) is 8.94 Å². The Morgan fingerprint density at radius 3 is 3.13 bits per heavy atom. The van der Waals surface area contributed by atoms with E-state index in [2.05, 4.69) is 19.7 Å². The molecule has 9 heteroatoms. The highest BCUT2D eigenvalue weighted by molar-refractivity contribution is 7.07. The number of likely N-dealkylation sites (tertiary alicyclic amines) is 1. The topological polar surface area (TPSA) is 98.2 Å². The molecule has 118 valence electrons. The number of carbonyl (C=O) groups is 1. The molecule has 0 radical (unpaired) electrons. The van der Waals surface area contributed by atoms with Gasteiger partial charge < -0.3 is 13.8 Å². The second-order valence-electron chi connectivity index (χ2n) is 5.36. The fraction of sp³-hybridized carbons (Fsp3) is 0.357. The minimum absolute atomic E-state index is 0.0326. The fourth-order valence-electron chi connectivity index (χ4n) is 2.63. The number of aromatic nitrogens is 4. The zero-order chi connectivity index (χ0) is 15.8. The average Bonchev–Trinajstić information content (AvgIpc) is 3.31. The first kappa shape index (κ1) is 14.1. The monoisotopic (exact) mass is 331 g/mol. The summed E-state index contributed by atoms with van der Waals surface area (Å²) in [6, 6.07) is 3.53. The molecule has 0 aliphatic carbocycles. The summed E-state index contributed by atoms with van der Waals surface area (Å²) in [4.78, 5) is 19.2. The molecule has 23 heavy (non-hydrogen) atoms. The zero-order valence-electron chi connectivity index (χ0n) is 12.3. The van der Waals surface area contributed by atoms with Gasteiger partial charge in [-0.05, 0) is 37.0 Å². The quantitative estimate of drug-likeness (QED) is 0.725. The van der Waals surface area contributed by atoms with Crippen LogP contribution in [0.1, 0.15) is 33.5 Å². The summed E-state index contributed by atoms with van der Waals surface area (Å²) < 4.78 is 14.3. The van der Waals surface area contributed by atoms with E-state index in [1.165, 1.54) is 0 Å². The van der Waals surface area contributed by atoms with Crippen molar-refractivity contribution in [1.29, 1.82) is 0 Å². The van der Waals surface area contributed by atoms with Crippen molar-refractivity contribution in [1.82, 2.24) is 24.6 Å². The maximum Gasteiger partial charge on any atom is 0.293 e. The second kappa shape index (κ2) is 5.58. The molecule has 0 saturated carbocycles. The van der Waals surface area contributed by atoms with Crippen LogP contribution in [0.15, 0.2) is 27.3 Å². The molecule has 1 amide bonds. The van der Waals surface area contributed by atoms with E-state index in [-0.39, 0.29) is 11.8 Å². The van der Waals surface area contributed by atoms with Gasteiger partial charge in [0.1, 0.15) is 4.88 Å². The molecule has 1 aliphatic heterocycles. The first-order valence-electron chi connectivity index (χ1n) is 7.18. The molecule has 0 spiro atoms. The Morgan fingerprint density at radius 2 is 2.39 bits per heavy atom. The number of nitrogens with zero attached hydrogens (tertiary/aromatic N) is 5. The smallest absolute Gasteiger partial charge is 0.293 e. The van der Waals surface area contributed by atoms with E-state index in [1.807, 2.05) is 0 Å². The number of rotatable bonds is 3. The Bertz CT molecular complexity index is 825. The van der Waals surface area contributed by atoms with Gasteiger partial charge in [0.15, 0.2) is 11.6 Å². The molecular formula is C14H13N5O3S. The van der Waals surface area contributed by atoms with E-state index >= 15 is 0 Å². The Hall–Kier alpha value is -2.55. The van der Waals surface area contributed by atoms with Gasteiger partial charge in [-0.1, -0.05) is 9.64 Å². The van der Waals surface area contributed by atoms with Gasteiger partial charge in [-0.3, -0.25) is 4.79 Å². The van der Waals surface area contributed by atoms with Gasteiger partial charge in [-0.25, -0.2) is 0 Å². The van der Waals surface area contributed by atoms with Crippen molar-refractivity contribution in [3.8, 4) is 11.7 Å². The summed E-state index contributed by atoms with van der Waals surface area (Å²) in [5, 5.41) is 7.91. The number of amides is 1. The SMILES string of the molecule is Cc1nnsc1C(=O)N1CC[C@@H](c2noc(-c3ccco3)n2)C1. The predicted molar refractivity (Wildman–Crippen MR) is 79.9 cm³/mol. The van der Waals surface area contributed by atoms with Crippen LogP contribution in [0.2, 0.25) is 0 Å². The molecule has 8 nitrogen and oxygen atoms in total. The Labute approximate surface area is 135 Å². The second-order valence-corrected chi connectivity index (χ2v) is 6.11. The van der Waals surface area contributed by atoms with E-state index in [0.29, 0.717) is 41.1 Å². The molecule has 3 aromatic rings. The average molecular weight is 331 g/mol. The van der Waals surface area contributed by atoms with Crippen molar-refractivity contribution in [2.45, 2.75) is 19.3 Å². The van der Waals surface area contributed by atoms with Crippen LogP contribution in [0.3, 0.4) is 0 Å². The molecule has 1 aliphatic rings. The van der Waals surface area contributed by atoms with Crippen LogP contribution in [-0.4, -0.2) is 43.6 Å². The predicted octanol–water partition coefficient (Wildman–Crippen LogP) is 2.12. The summed E-state index contributed by atoms with van der Waals surface area (Å²) >= 11 is 1.13. The highest BCUT2D eigenvalue weighted by Crippen LogP contribution is 2.29. The number of hydrogen-bond acceptors (Lipinski definition) is 8. The minimum Gasteiger partial charge on any atom is -0.459 e. The van der Waals surface area contributed by atoms with Gasteiger partial charge in [0.05, 0.1) is 12.0 Å². The lowest BCUT2D eigenvalue weighted by Crippen LogP contribution is -2.28. The van der Waals surface area contributed by atoms with Crippen LogP contribution in [0, 0.1) is 6.92 Å². The minimum atomic E-state index is -0.0326. The van der Waals surface area contributed by atoms with Crippen LogP contribution < -0.4 is 0 Å². The van der Waals surface area contributed by atoms with Gasteiger partial charge in [0.2, 0.25) is 0 Å². The number of carbonyl (C=O) groups excluding carboxylic acids is 1. The molecule has 4 heterocycles. The molecule has 1 saturated heterocycles. The largest absolute Gasteiger partial charge is 0.459 e.